The molecule has 2 rings (SSSR count). The summed E-state index contributed by atoms with van der Waals surface area (Å²) in [6.45, 7) is -0.103. The quantitative estimate of drug-likeness (QED) is 0.753. The van der Waals surface area contributed by atoms with Crippen LogP contribution >= 0.6 is 15.9 Å². The molecule has 1 aliphatic rings. The van der Waals surface area contributed by atoms with Gasteiger partial charge in [-0.1, -0.05) is 15.9 Å². The van der Waals surface area contributed by atoms with Crippen LogP contribution in [0.2, 0.25) is 0 Å². The number of carbonyl (C=O) groups is 3. The minimum absolute atomic E-state index is 0.103. The van der Waals surface area contributed by atoms with Crippen molar-refractivity contribution in [1.29, 1.82) is 0 Å². The SMILES string of the molecule is NC(=O)C(N)CN1C(=O)C(=O)c2cc(Br)ccc21. The molecular weight excluding hydrogens is 302 g/mol. The van der Waals surface area contributed by atoms with E-state index in [4.69, 9.17) is 11.5 Å². The molecule has 0 bridgehead atoms. The highest BCUT2D eigenvalue weighted by atomic mass is 79.9. The average molecular weight is 312 g/mol. The average Bonchev–Trinajstić information content (AvgIpc) is 2.54. The van der Waals surface area contributed by atoms with Gasteiger partial charge in [-0.05, 0) is 18.2 Å². The smallest absolute Gasteiger partial charge is 0.299 e. The molecule has 6 nitrogen and oxygen atoms in total. The maximum absolute atomic E-state index is 11.8. The van der Waals surface area contributed by atoms with Gasteiger partial charge >= 0.3 is 0 Å². The lowest BCUT2D eigenvalue weighted by Gasteiger charge is -2.19. The first kappa shape index (κ1) is 12.7. The summed E-state index contributed by atoms with van der Waals surface area (Å²) in [7, 11) is 0. The molecule has 1 unspecified atom stereocenters. The third kappa shape index (κ3) is 2.02. The number of ketones is 1. The minimum atomic E-state index is -1.00. The van der Waals surface area contributed by atoms with Crippen LogP contribution in [0.25, 0.3) is 0 Å². The van der Waals surface area contributed by atoms with Crippen LogP contribution in [0.4, 0.5) is 5.69 Å². The molecule has 0 fully saturated rings. The van der Waals surface area contributed by atoms with Crippen molar-refractivity contribution >= 4 is 39.2 Å². The van der Waals surface area contributed by atoms with E-state index in [0.717, 1.165) is 0 Å². The van der Waals surface area contributed by atoms with Crippen molar-refractivity contribution in [3.8, 4) is 0 Å². The second-order valence-electron chi connectivity index (χ2n) is 3.92. The third-order valence-corrected chi connectivity index (χ3v) is 3.17. The summed E-state index contributed by atoms with van der Waals surface area (Å²) in [5.41, 5.74) is 11.3. The number of Topliss-reactive ketones (excluding diaryl/α,β-unsaturated/α-hetero) is 1. The van der Waals surface area contributed by atoms with Crippen molar-refractivity contribution in [2.24, 2.45) is 11.5 Å². The Kier molecular flexibility index (Phi) is 3.18. The fraction of sp³-hybridized carbons (Fsp3) is 0.182. The Bertz CT molecular complexity index is 558. The number of hydrogen-bond acceptors (Lipinski definition) is 4. The van der Waals surface area contributed by atoms with Crippen LogP contribution in [-0.4, -0.2) is 30.2 Å². The van der Waals surface area contributed by atoms with Gasteiger partial charge in [0.15, 0.2) is 0 Å². The number of anilines is 1. The second kappa shape index (κ2) is 4.51. The fourth-order valence-electron chi connectivity index (χ4n) is 1.74. The van der Waals surface area contributed by atoms with E-state index >= 15 is 0 Å². The summed E-state index contributed by atoms with van der Waals surface area (Å²) >= 11 is 3.23. The van der Waals surface area contributed by atoms with E-state index < -0.39 is 23.6 Å². The Morgan fingerprint density at radius 2 is 2.06 bits per heavy atom. The summed E-state index contributed by atoms with van der Waals surface area (Å²) in [4.78, 5) is 35.6. The first-order chi connectivity index (χ1) is 8.41. The van der Waals surface area contributed by atoms with E-state index in [-0.39, 0.29) is 6.54 Å². The molecule has 94 valence electrons. The summed E-state index contributed by atoms with van der Waals surface area (Å²) in [5, 5.41) is 0. The summed E-state index contributed by atoms with van der Waals surface area (Å²) in [6.07, 6.45) is 0. The Morgan fingerprint density at radius 1 is 1.39 bits per heavy atom. The van der Waals surface area contributed by atoms with Gasteiger partial charge in [0.1, 0.15) is 6.04 Å². The van der Waals surface area contributed by atoms with Gasteiger partial charge in [0.2, 0.25) is 5.91 Å². The molecule has 7 heteroatoms. The standard InChI is InChI=1S/C11H10BrN3O3/c12-5-1-2-8-6(3-5)9(16)11(18)15(8)4-7(13)10(14)17/h1-3,7H,4,13H2,(H2,14,17). The second-order valence-corrected chi connectivity index (χ2v) is 4.83. The number of halogens is 1. The molecule has 0 spiro atoms. The summed E-state index contributed by atoms with van der Waals surface area (Å²) in [5.74, 6) is -2.02. The summed E-state index contributed by atoms with van der Waals surface area (Å²) in [6, 6.07) is 3.88. The van der Waals surface area contributed by atoms with E-state index in [1.807, 2.05) is 0 Å². The van der Waals surface area contributed by atoms with Gasteiger partial charge in [-0.25, -0.2) is 0 Å². The maximum Gasteiger partial charge on any atom is 0.299 e. The van der Waals surface area contributed by atoms with Crippen LogP contribution in [0.15, 0.2) is 22.7 Å². The number of fused-ring (bicyclic) bond motifs is 1. The molecule has 0 aliphatic carbocycles. The first-order valence-corrected chi connectivity index (χ1v) is 5.91. The van der Waals surface area contributed by atoms with Gasteiger partial charge in [-0.15, -0.1) is 0 Å². The highest BCUT2D eigenvalue weighted by Gasteiger charge is 2.37. The molecule has 1 aromatic rings. The predicted octanol–water partition coefficient (Wildman–Crippen LogP) is -0.209. The van der Waals surface area contributed by atoms with Gasteiger partial charge in [-0.2, -0.15) is 0 Å². The molecule has 0 saturated heterocycles. The highest BCUT2D eigenvalue weighted by Crippen LogP contribution is 2.31. The zero-order valence-corrected chi connectivity index (χ0v) is 10.8. The van der Waals surface area contributed by atoms with Crippen molar-refractivity contribution in [3.63, 3.8) is 0 Å². The van der Waals surface area contributed by atoms with Gasteiger partial charge in [0.05, 0.1) is 17.8 Å². The number of rotatable bonds is 3. The lowest BCUT2D eigenvalue weighted by atomic mass is 10.1. The molecule has 4 N–H and O–H groups in total. The van der Waals surface area contributed by atoms with Crippen molar-refractivity contribution in [3.05, 3.63) is 28.2 Å². The van der Waals surface area contributed by atoms with Gasteiger partial charge < -0.3 is 16.4 Å². The van der Waals surface area contributed by atoms with E-state index in [9.17, 15) is 14.4 Å². The lowest BCUT2D eigenvalue weighted by Crippen LogP contribution is -2.47. The maximum atomic E-state index is 11.8. The highest BCUT2D eigenvalue weighted by molar-refractivity contribution is 9.10. The Hall–Kier alpha value is -1.73. The first-order valence-electron chi connectivity index (χ1n) is 5.12. The van der Waals surface area contributed by atoms with Crippen LogP contribution in [-0.2, 0) is 9.59 Å². The molecular formula is C11H10BrN3O3. The zero-order valence-electron chi connectivity index (χ0n) is 9.22. The molecule has 18 heavy (non-hydrogen) atoms. The molecule has 1 aromatic carbocycles. The van der Waals surface area contributed by atoms with Crippen molar-refractivity contribution in [2.75, 3.05) is 11.4 Å². The van der Waals surface area contributed by atoms with Gasteiger partial charge in [-0.3, -0.25) is 14.4 Å². The van der Waals surface area contributed by atoms with Crippen molar-refractivity contribution in [1.82, 2.24) is 0 Å². The Morgan fingerprint density at radius 3 is 2.67 bits per heavy atom. The largest absolute Gasteiger partial charge is 0.368 e. The molecule has 1 aliphatic heterocycles. The molecule has 0 saturated carbocycles. The number of benzene rings is 1. The lowest BCUT2D eigenvalue weighted by molar-refractivity contribution is -0.119. The number of amides is 2. The number of hydrogen-bond donors (Lipinski definition) is 2. The van der Waals surface area contributed by atoms with E-state index in [1.165, 1.54) is 4.90 Å². The Labute approximate surface area is 111 Å². The predicted molar refractivity (Wildman–Crippen MR) is 68.0 cm³/mol. The molecule has 1 atom stereocenters. The molecule has 0 aromatic heterocycles. The molecule has 2 amide bonds. The van der Waals surface area contributed by atoms with Crippen LogP contribution < -0.4 is 16.4 Å². The van der Waals surface area contributed by atoms with Gasteiger partial charge in [0, 0.05) is 4.47 Å². The Balaban J connectivity index is 2.37. The number of carbonyl (C=O) groups excluding carboxylic acids is 3. The monoisotopic (exact) mass is 311 g/mol. The van der Waals surface area contributed by atoms with Crippen LogP contribution in [0.3, 0.4) is 0 Å². The zero-order chi connectivity index (χ0) is 13.4. The number of primary amides is 1. The summed E-state index contributed by atoms with van der Waals surface area (Å²) < 4.78 is 0.698. The molecule has 1 heterocycles. The van der Waals surface area contributed by atoms with E-state index in [1.54, 1.807) is 18.2 Å². The van der Waals surface area contributed by atoms with Crippen molar-refractivity contribution in [2.45, 2.75) is 6.04 Å². The third-order valence-electron chi connectivity index (χ3n) is 2.68. The van der Waals surface area contributed by atoms with Crippen LogP contribution in [0.5, 0.6) is 0 Å². The van der Waals surface area contributed by atoms with E-state index in [0.29, 0.717) is 15.7 Å². The number of nitrogens with zero attached hydrogens (tertiary/aromatic N) is 1. The molecule has 0 radical (unpaired) electrons. The van der Waals surface area contributed by atoms with Crippen molar-refractivity contribution < 1.29 is 14.4 Å². The topological polar surface area (TPSA) is 106 Å². The van der Waals surface area contributed by atoms with Gasteiger partial charge in [0.25, 0.3) is 11.7 Å². The van der Waals surface area contributed by atoms with Crippen LogP contribution in [0.1, 0.15) is 10.4 Å². The van der Waals surface area contributed by atoms with Crippen LogP contribution in [0, 0.1) is 0 Å². The number of nitrogens with two attached hydrogens (primary N) is 2. The van der Waals surface area contributed by atoms with E-state index in [2.05, 4.69) is 15.9 Å². The minimum Gasteiger partial charge on any atom is -0.368 e. The normalized spacial score (nSPS) is 15.8. The fourth-order valence-corrected chi connectivity index (χ4v) is 2.10.